The lowest BCUT2D eigenvalue weighted by atomic mass is 9.85. The van der Waals surface area contributed by atoms with Crippen molar-refractivity contribution in [1.82, 2.24) is 5.32 Å². The maximum absolute atomic E-state index is 10.3. The zero-order chi connectivity index (χ0) is 12.5. The largest absolute Gasteiger partial charge is 0.506 e. The molecule has 2 N–H and O–H groups in total. The standard InChI is InChI=1S/C15H20ClNO/c16-14-8-10-4-1-2-6-12(10)13(15(14)18)9-11-5-3-7-17-11/h8,11,17-18H,1-7,9H2. The molecular formula is C15H20ClNO. The van der Waals surface area contributed by atoms with Gasteiger partial charge in [0.05, 0.1) is 5.02 Å². The van der Waals surface area contributed by atoms with Crippen LogP contribution in [0.3, 0.4) is 0 Å². The second-order valence-electron chi connectivity index (χ2n) is 5.53. The van der Waals surface area contributed by atoms with Crippen molar-refractivity contribution in [2.45, 2.75) is 51.0 Å². The third kappa shape index (κ3) is 2.24. The van der Waals surface area contributed by atoms with E-state index in [1.54, 1.807) is 0 Å². The van der Waals surface area contributed by atoms with E-state index in [4.69, 9.17) is 11.6 Å². The molecule has 98 valence electrons. The summed E-state index contributed by atoms with van der Waals surface area (Å²) in [7, 11) is 0. The minimum absolute atomic E-state index is 0.325. The molecule has 1 aliphatic heterocycles. The van der Waals surface area contributed by atoms with Crippen molar-refractivity contribution in [3.63, 3.8) is 0 Å². The van der Waals surface area contributed by atoms with Gasteiger partial charge in [-0.15, -0.1) is 0 Å². The fourth-order valence-corrected chi connectivity index (χ4v) is 3.58. The van der Waals surface area contributed by atoms with Gasteiger partial charge in [0.2, 0.25) is 0 Å². The van der Waals surface area contributed by atoms with Crippen LogP contribution in [0.5, 0.6) is 5.75 Å². The summed E-state index contributed by atoms with van der Waals surface area (Å²) in [5.74, 6) is 0.325. The van der Waals surface area contributed by atoms with Gasteiger partial charge in [-0.3, -0.25) is 0 Å². The lowest BCUT2D eigenvalue weighted by molar-refractivity contribution is 0.459. The Balaban J connectivity index is 1.97. The van der Waals surface area contributed by atoms with Crippen LogP contribution in [0.25, 0.3) is 0 Å². The van der Waals surface area contributed by atoms with Crippen molar-refractivity contribution >= 4 is 11.6 Å². The van der Waals surface area contributed by atoms with Crippen molar-refractivity contribution < 1.29 is 5.11 Å². The summed E-state index contributed by atoms with van der Waals surface area (Å²) in [6.45, 7) is 1.11. The Bertz CT molecular complexity index is 452. The number of hydrogen-bond acceptors (Lipinski definition) is 2. The van der Waals surface area contributed by atoms with Crippen LogP contribution in [-0.4, -0.2) is 17.7 Å². The average Bonchev–Trinajstić information content (AvgIpc) is 2.88. The van der Waals surface area contributed by atoms with Gasteiger partial charge in [-0.2, -0.15) is 0 Å². The fraction of sp³-hybridized carbons (Fsp3) is 0.600. The molecule has 3 heteroatoms. The molecule has 2 aliphatic rings. The van der Waals surface area contributed by atoms with E-state index in [0.29, 0.717) is 16.8 Å². The molecule has 0 radical (unpaired) electrons. The summed E-state index contributed by atoms with van der Waals surface area (Å²) in [6.07, 6.45) is 8.07. The zero-order valence-corrected chi connectivity index (χ0v) is 11.4. The lowest BCUT2D eigenvalue weighted by Gasteiger charge is -2.23. The molecule has 18 heavy (non-hydrogen) atoms. The van der Waals surface area contributed by atoms with Gasteiger partial charge in [-0.05, 0) is 68.7 Å². The monoisotopic (exact) mass is 265 g/mol. The Morgan fingerprint density at radius 2 is 2.11 bits per heavy atom. The molecule has 1 atom stereocenters. The van der Waals surface area contributed by atoms with E-state index in [9.17, 15) is 5.11 Å². The van der Waals surface area contributed by atoms with Crippen LogP contribution in [0.4, 0.5) is 0 Å². The van der Waals surface area contributed by atoms with E-state index >= 15 is 0 Å². The SMILES string of the molecule is Oc1c(Cl)cc2c(c1CC1CCCN1)CCCC2. The number of benzene rings is 1. The van der Waals surface area contributed by atoms with E-state index in [1.807, 2.05) is 6.07 Å². The predicted molar refractivity (Wildman–Crippen MR) is 74.5 cm³/mol. The average molecular weight is 266 g/mol. The van der Waals surface area contributed by atoms with Crippen LogP contribution in [0.1, 0.15) is 42.4 Å². The maximum atomic E-state index is 10.3. The second kappa shape index (κ2) is 5.10. The minimum Gasteiger partial charge on any atom is -0.506 e. The molecule has 1 fully saturated rings. The van der Waals surface area contributed by atoms with Gasteiger partial charge in [-0.25, -0.2) is 0 Å². The fourth-order valence-electron chi connectivity index (χ4n) is 3.34. The molecule has 1 unspecified atom stereocenters. The Kier molecular flexibility index (Phi) is 3.49. The van der Waals surface area contributed by atoms with Gasteiger partial charge in [-0.1, -0.05) is 11.6 Å². The topological polar surface area (TPSA) is 32.3 Å². The molecule has 0 saturated carbocycles. The van der Waals surface area contributed by atoms with Crippen molar-refractivity contribution in [3.8, 4) is 5.75 Å². The highest BCUT2D eigenvalue weighted by atomic mass is 35.5. The molecule has 2 nitrogen and oxygen atoms in total. The molecule has 1 saturated heterocycles. The highest BCUT2D eigenvalue weighted by Crippen LogP contribution is 2.37. The first-order valence-electron chi connectivity index (χ1n) is 7.01. The van der Waals surface area contributed by atoms with E-state index in [0.717, 1.165) is 31.4 Å². The number of rotatable bonds is 2. The summed E-state index contributed by atoms with van der Waals surface area (Å²) in [5, 5.41) is 14.3. The summed E-state index contributed by atoms with van der Waals surface area (Å²) < 4.78 is 0. The minimum atomic E-state index is 0.325. The van der Waals surface area contributed by atoms with E-state index in [-0.39, 0.29) is 0 Å². The molecule has 1 aromatic rings. The number of aryl methyl sites for hydroxylation is 1. The smallest absolute Gasteiger partial charge is 0.137 e. The number of phenols is 1. The predicted octanol–water partition coefficient (Wildman–Crippen LogP) is 3.22. The lowest BCUT2D eigenvalue weighted by Crippen LogP contribution is -2.24. The van der Waals surface area contributed by atoms with Gasteiger partial charge < -0.3 is 10.4 Å². The number of hydrogen-bond donors (Lipinski definition) is 2. The molecule has 1 heterocycles. The first-order valence-corrected chi connectivity index (χ1v) is 7.39. The van der Waals surface area contributed by atoms with Crippen molar-refractivity contribution in [1.29, 1.82) is 0 Å². The van der Waals surface area contributed by atoms with Gasteiger partial charge in [0.25, 0.3) is 0 Å². The van der Waals surface area contributed by atoms with Crippen LogP contribution >= 0.6 is 11.6 Å². The second-order valence-corrected chi connectivity index (χ2v) is 5.93. The highest BCUT2D eigenvalue weighted by Gasteiger charge is 2.23. The number of phenolic OH excluding ortho intramolecular Hbond substituents is 1. The van der Waals surface area contributed by atoms with Crippen LogP contribution in [-0.2, 0) is 19.3 Å². The quantitative estimate of drug-likeness (QED) is 0.861. The number of nitrogens with one attached hydrogen (secondary N) is 1. The normalized spacial score (nSPS) is 23.1. The van der Waals surface area contributed by atoms with Crippen molar-refractivity contribution in [2.24, 2.45) is 0 Å². The first-order chi connectivity index (χ1) is 8.75. The molecule has 0 aromatic heterocycles. The van der Waals surface area contributed by atoms with Gasteiger partial charge in [0.15, 0.2) is 0 Å². The Morgan fingerprint density at radius 1 is 1.28 bits per heavy atom. The summed E-state index contributed by atoms with van der Waals surface area (Å²) in [5.41, 5.74) is 3.84. The Hall–Kier alpha value is -0.730. The molecule has 0 bridgehead atoms. The molecule has 0 amide bonds. The third-order valence-electron chi connectivity index (χ3n) is 4.30. The molecule has 1 aliphatic carbocycles. The first kappa shape index (κ1) is 12.3. The molecule has 3 rings (SSSR count). The van der Waals surface area contributed by atoms with Gasteiger partial charge >= 0.3 is 0 Å². The van der Waals surface area contributed by atoms with Crippen LogP contribution < -0.4 is 5.32 Å². The van der Waals surface area contributed by atoms with Crippen LogP contribution in [0.2, 0.25) is 5.02 Å². The van der Waals surface area contributed by atoms with E-state index in [1.165, 1.54) is 36.8 Å². The summed E-state index contributed by atoms with van der Waals surface area (Å²) in [4.78, 5) is 0. The van der Waals surface area contributed by atoms with Crippen LogP contribution in [0, 0.1) is 0 Å². The van der Waals surface area contributed by atoms with E-state index < -0.39 is 0 Å². The number of aromatic hydroxyl groups is 1. The summed E-state index contributed by atoms with van der Waals surface area (Å²) in [6, 6.07) is 2.48. The Morgan fingerprint density at radius 3 is 2.89 bits per heavy atom. The number of halogens is 1. The zero-order valence-electron chi connectivity index (χ0n) is 10.6. The van der Waals surface area contributed by atoms with Gasteiger partial charge in [0.1, 0.15) is 5.75 Å². The van der Waals surface area contributed by atoms with E-state index in [2.05, 4.69) is 5.32 Å². The number of fused-ring (bicyclic) bond motifs is 1. The van der Waals surface area contributed by atoms with Gasteiger partial charge in [0, 0.05) is 11.6 Å². The Labute approximate surface area is 113 Å². The summed E-state index contributed by atoms with van der Waals surface area (Å²) >= 11 is 6.17. The molecular weight excluding hydrogens is 246 g/mol. The highest BCUT2D eigenvalue weighted by molar-refractivity contribution is 6.32. The maximum Gasteiger partial charge on any atom is 0.137 e. The van der Waals surface area contributed by atoms with Crippen molar-refractivity contribution in [2.75, 3.05) is 6.54 Å². The van der Waals surface area contributed by atoms with Crippen molar-refractivity contribution in [3.05, 3.63) is 27.8 Å². The molecule has 0 spiro atoms. The third-order valence-corrected chi connectivity index (χ3v) is 4.59. The van der Waals surface area contributed by atoms with Crippen LogP contribution in [0.15, 0.2) is 6.07 Å². The molecule has 1 aromatic carbocycles.